The third kappa shape index (κ3) is 2.44. The number of nitrogens with zero attached hydrogens (tertiary/aromatic N) is 3. The molecule has 2 heterocycles. The number of piperidine rings is 1. The SMILES string of the molecule is CCN1CCC(c2cnc(N)nc2Cl)CC1. The van der Waals surface area contributed by atoms with Crippen LogP contribution in [0.4, 0.5) is 5.95 Å². The van der Waals surface area contributed by atoms with E-state index in [9.17, 15) is 0 Å². The van der Waals surface area contributed by atoms with E-state index in [1.54, 1.807) is 6.20 Å². The van der Waals surface area contributed by atoms with Crippen LogP contribution in [0.25, 0.3) is 0 Å². The molecule has 0 radical (unpaired) electrons. The number of hydrogen-bond donors (Lipinski definition) is 1. The van der Waals surface area contributed by atoms with Crippen LogP contribution in [0.1, 0.15) is 31.2 Å². The molecule has 1 saturated heterocycles. The van der Waals surface area contributed by atoms with Crippen LogP contribution in [-0.2, 0) is 0 Å². The van der Waals surface area contributed by atoms with Crippen molar-refractivity contribution in [2.24, 2.45) is 0 Å². The molecule has 2 N–H and O–H groups in total. The highest BCUT2D eigenvalue weighted by Gasteiger charge is 2.22. The van der Waals surface area contributed by atoms with Gasteiger partial charge in [0.05, 0.1) is 0 Å². The second-order valence-electron chi connectivity index (χ2n) is 4.18. The number of hydrogen-bond acceptors (Lipinski definition) is 4. The van der Waals surface area contributed by atoms with Crippen LogP contribution in [0.2, 0.25) is 5.15 Å². The van der Waals surface area contributed by atoms with E-state index in [4.69, 9.17) is 17.3 Å². The summed E-state index contributed by atoms with van der Waals surface area (Å²) < 4.78 is 0. The first-order valence-corrected chi connectivity index (χ1v) is 6.08. The number of likely N-dealkylation sites (tertiary alicyclic amines) is 1. The van der Waals surface area contributed by atoms with Crippen molar-refractivity contribution in [3.63, 3.8) is 0 Å². The topological polar surface area (TPSA) is 55.0 Å². The monoisotopic (exact) mass is 240 g/mol. The Morgan fingerprint density at radius 2 is 2.19 bits per heavy atom. The van der Waals surface area contributed by atoms with Crippen LogP contribution in [0.5, 0.6) is 0 Å². The highest BCUT2D eigenvalue weighted by Crippen LogP contribution is 2.31. The van der Waals surface area contributed by atoms with Gasteiger partial charge in [-0.2, -0.15) is 0 Å². The van der Waals surface area contributed by atoms with E-state index in [1.165, 1.54) is 0 Å². The van der Waals surface area contributed by atoms with Gasteiger partial charge in [-0.05, 0) is 38.4 Å². The second-order valence-corrected chi connectivity index (χ2v) is 4.54. The Balaban J connectivity index is 2.08. The van der Waals surface area contributed by atoms with Gasteiger partial charge in [0.2, 0.25) is 5.95 Å². The Labute approximate surface area is 101 Å². The van der Waals surface area contributed by atoms with Gasteiger partial charge in [-0.3, -0.25) is 0 Å². The first kappa shape index (κ1) is 11.6. The molecule has 4 nitrogen and oxygen atoms in total. The molecular formula is C11H17ClN4. The Bertz CT molecular complexity index is 361. The Morgan fingerprint density at radius 1 is 1.50 bits per heavy atom. The van der Waals surface area contributed by atoms with Crippen molar-refractivity contribution >= 4 is 17.5 Å². The molecule has 1 aromatic rings. The van der Waals surface area contributed by atoms with Gasteiger partial charge in [0.15, 0.2) is 0 Å². The summed E-state index contributed by atoms with van der Waals surface area (Å²) in [6.07, 6.45) is 4.03. The fourth-order valence-corrected chi connectivity index (χ4v) is 2.51. The smallest absolute Gasteiger partial charge is 0.221 e. The lowest BCUT2D eigenvalue weighted by Crippen LogP contribution is -2.32. The third-order valence-corrected chi connectivity index (χ3v) is 3.56. The summed E-state index contributed by atoms with van der Waals surface area (Å²) >= 11 is 6.09. The van der Waals surface area contributed by atoms with E-state index in [0.29, 0.717) is 11.1 Å². The van der Waals surface area contributed by atoms with E-state index >= 15 is 0 Å². The van der Waals surface area contributed by atoms with Gasteiger partial charge in [0.1, 0.15) is 5.15 Å². The maximum absolute atomic E-state index is 6.09. The lowest BCUT2D eigenvalue weighted by atomic mass is 9.91. The molecule has 0 amide bonds. The molecular weight excluding hydrogens is 224 g/mol. The van der Waals surface area contributed by atoms with Gasteiger partial charge in [0, 0.05) is 11.8 Å². The van der Waals surface area contributed by atoms with Crippen LogP contribution < -0.4 is 5.73 Å². The number of halogens is 1. The van der Waals surface area contributed by atoms with E-state index in [0.717, 1.165) is 38.0 Å². The van der Waals surface area contributed by atoms with Gasteiger partial charge >= 0.3 is 0 Å². The molecule has 0 aliphatic carbocycles. The lowest BCUT2D eigenvalue weighted by molar-refractivity contribution is 0.222. The van der Waals surface area contributed by atoms with Crippen molar-refractivity contribution in [3.8, 4) is 0 Å². The number of nitrogens with two attached hydrogens (primary N) is 1. The third-order valence-electron chi connectivity index (χ3n) is 3.26. The predicted octanol–water partition coefficient (Wildman–Crippen LogP) is 1.91. The molecule has 0 unspecified atom stereocenters. The maximum atomic E-state index is 6.09. The van der Waals surface area contributed by atoms with Crippen molar-refractivity contribution in [3.05, 3.63) is 16.9 Å². The summed E-state index contributed by atoms with van der Waals surface area (Å²) in [5.41, 5.74) is 6.53. The quantitative estimate of drug-likeness (QED) is 0.803. The first-order valence-electron chi connectivity index (χ1n) is 5.71. The highest BCUT2D eigenvalue weighted by molar-refractivity contribution is 6.30. The van der Waals surface area contributed by atoms with Gasteiger partial charge < -0.3 is 10.6 Å². The van der Waals surface area contributed by atoms with Gasteiger partial charge in [-0.25, -0.2) is 9.97 Å². The molecule has 0 atom stereocenters. The molecule has 0 saturated carbocycles. The van der Waals surface area contributed by atoms with Gasteiger partial charge in [-0.15, -0.1) is 0 Å². The predicted molar refractivity (Wildman–Crippen MR) is 65.5 cm³/mol. The molecule has 88 valence electrons. The molecule has 0 aromatic carbocycles. The number of aromatic nitrogens is 2. The average Bonchev–Trinajstić information content (AvgIpc) is 2.29. The zero-order valence-corrected chi connectivity index (χ0v) is 10.2. The number of rotatable bonds is 2. The average molecular weight is 241 g/mol. The fraction of sp³-hybridized carbons (Fsp3) is 0.636. The minimum absolute atomic E-state index is 0.250. The normalized spacial score (nSPS) is 18.9. The largest absolute Gasteiger partial charge is 0.368 e. The van der Waals surface area contributed by atoms with E-state index in [-0.39, 0.29) is 5.95 Å². The van der Waals surface area contributed by atoms with E-state index in [1.807, 2.05) is 0 Å². The van der Waals surface area contributed by atoms with Crippen LogP contribution in [0, 0.1) is 0 Å². The highest BCUT2D eigenvalue weighted by atomic mass is 35.5. The van der Waals surface area contributed by atoms with Crippen molar-refractivity contribution in [2.45, 2.75) is 25.7 Å². The van der Waals surface area contributed by atoms with Crippen LogP contribution in [0.3, 0.4) is 0 Å². The van der Waals surface area contributed by atoms with Crippen molar-refractivity contribution in [1.82, 2.24) is 14.9 Å². The van der Waals surface area contributed by atoms with Crippen molar-refractivity contribution < 1.29 is 0 Å². The summed E-state index contributed by atoms with van der Waals surface area (Å²) in [4.78, 5) is 10.5. The molecule has 1 aromatic heterocycles. The Morgan fingerprint density at radius 3 is 2.75 bits per heavy atom. The van der Waals surface area contributed by atoms with Gasteiger partial charge in [-0.1, -0.05) is 18.5 Å². The summed E-state index contributed by atoms with van der Waals surface area (Å²) in [5.74, 6) is 0.732. The Hall–Kier alpha value is -0.870. The van der Waals surface area contributed by atoms with Crippen LogP contribution >= 0.6 is 11.6 Å². The zero-order valence-electron chi connectivity index (χ0n) is 9.49. The molecule has 1 aliphatic rings. The molecule has 2 rings (SSSR count). The lowest BCUT2D eigenvalue weighted by Gasteiger charge is -2.31. The summed E-state index contributed by atoms with van der Waals surface area (Å²) in [6, 6.07) is 0. The standard InChI is InChI=1S/C11H17ClN4/c1-2-16-5-3-8(4-6-16)9-7-14-11(13)15-10(9)12/h7-8H,2-6H2,1H3,(H2,13,14,15). The first-order chi connectivity index (χ1) is 7.70. The van der Waals surface area contributed by atoms with E-state index in [2.05, 4.69) is 21.8 Å². The number of anilines is 1. The summed E-state index contributed by atoms with van der Waals surface area (Å²) in [5, 5.41) is 0.516. The minimum atomic E-state index is 0.250. The Kier molecular flexibility index (Phi) is 3.61. The molecule has 0 bridgehead atoms. The van der Waals surface area contributed by atoms with Crippen LogP contribution in [0.15, 0.2) is 6.20 Å². The molecule has 1 fully saturated rings. The molecule has 5 heteroatoms. The van der Waals surface area contributed by atoms with Crippen molar-refractivity contribution in [1.29, 1.82) is 0 Å². The van der Waals surface area contributed by atoms with Crippen molar-refractivity contribution in [2.75, 3.05) is 25.4 Å². The number of nitrogen functional groups attached to an aromatic ring is 1. The molecule has 0 spiro atoms. The van der Waals surface area contributed by atoms with E-state index < -0.39 is 0 Å². The fourth-order valence-electron chi connectivity index (χ4n) is 2.22. The zero-order chi connectivity index (χ0) is 11.5. The maximum Gasteiger partial charge on any atom is 0.221 e. The molecule has 16 heavy (non-hydrogen) atoms. The second kappa shape index (κ2) is 4.97. The minimum Gasteiger partial charge on any atom is -0.368 e. The molecule has 1 aliphatic heterocycles. The summed E-state index contributed by atoms with van der Waals surface area (Å²) in [6.45, 7) is 5.57. The van der Waals surface area contributed by atoms with Crippen LogP contribution in [-0.4, -0.2) is 34.5 Å². The van der Waals surface area contributed by atoms with Gasteiger partial charge in [0.25, 0.3) is 0 Å². The summed E-state index contributed by atoms with van der Waals surface area (Å²) in [7, 11) is 0.